The van der Waals surface area contributed by atoms with E-state index < -0.39 is 71.5 Å². The number of esters is 1. The number of methoxy groups -OCH3 is 1. The molecule has 0 radical (unpaired) electrons. The lowest BCUT2D eigenvalue weighted by atomic mass is 10.3. The molecule has 2 aromatic rings. The molecule has 16 heteroatoms. The maximum absolute atomic E-state index is 14.6. The highest BCUT2D eigenvalue weighted by molar-refractivity contribution is 7.92. The molecule has 0 aliphatic carbocycles. The van der Waals surface area contributed by atoms with Crippen molar-refractivity contribution in [2.24, 2.45) is 7.05 Å². The first kappa shape index (κ1) is 28.0. The van der Waals surface area contributed by atoms with Crippen LogP contribution in [0.2, 0.25) is 5.02 Å². The number of nitrogens with zero attached hydrogens (tertiary/aromatic N) is 2. The summed E-state index contributed by atoms with van der Waals surface area (Å²) in [5.41, 5.74) is -5.80. The Morgan fingerprint density at radius 2 is 1.80 bits per heavy atom. The fourth-order valence-electron chi connectivity index (χ4n) is 2.89. The molecule has 0 saturated heterocycles. The zero-order chi connectivity index (χ0) is 26.9. The Hall–Kier alpha value is -3.20. The lowest BCUT2D eigenvalue weighted by Gasteiger charge is -2.17. The van der Waals surface area contributed by atoms with E-state index in [0.29, 0.717) is 19.2 Å². The van der Waals surface area contributed by atoms with E-state index in [1.165, 1.54) is 0 Å². The molecule has 0 fully saturated rings. The van der Waals surface area contributed by atoms with Crippen molar-refractivity contribution in [1.29, 1.82) is 0 Å². The SMILES string of the molecule is COC(=O)CCNC(=O)C(C)S(=O)(=O)c1cc(-n2c(=O)cc(C(F)(F)F)n(C)c2=O)c(F)cc1Cl. The summed E-state index contributed by atoms with van der Waals surface area (Å²) in [5.74, 6) is -3.11. The van der Waals surface area contributed by atoms with Gasteiger partial charge in [0.2, 0.25) is 5.91 Å². The summed E-state index contributed by atoms with van der Waals surface area (Å²) in [6.45, 7) is 0.705. The molecule has 1 atom stereocenters. The molecule has 35 heavy (non-hydrogen) atoms. The van der Waals surface area contributed by atoms with Crippen molar-refractivity contribution in [3.63, 3.8) is 0 Å². The Balaban J connectivity index is 2.59. The van der Waals surface area contributed by atoms with Crippen molar-refractivity contribution in [2.75, 3.05) is 13.7 Å². The van der Waals surface area contributed by atoms with Gasteiger partial charge in [-0.1, -0.05) is 11.6 Å². The minimum Gasteiger partial charge on any atom is -0.469 e. The van der Waals surface area contributed by atoms with Gasteiger partial charge in [-0.05, 0) is 19.1 Å². The van der Waals surface area contributed by atoms with Crippen molar-refractivity contribution in [2.45, 2.75) is 29.7 Å². The summed E-state index contributed by atoms with van der Waals surface area (Å²) in [7, 11) is -2.87. The van der Waals surface area contributed by atoms with Crippen LogP contribution in [0.3, 0.4) is 0 Å². The predicted molar refractivity (Wildman–Crippen MR) is 114 cm³/mol. The Labute approximate surface area is 200 Å². The summed E-state index contributed by atoms with van der Waals surface area (Å²) in [4.78, 5) is 47.3. The summed E-state index contributed by atoms with van der Waals surface area (Å²) < 4.78 is 84.2. The van der Waals surface area contributed by atoms with E-state index in [1.54, 1.807) is 0 Å². The highest BCUT2D eigenvalue weighted by atomic mass is 35.5. The number of sulfone groups is 1. The van der Waals surface area contributed by atoms with E-state index in [2.05, 4.69) is 10.1 Å². The molecule has 0 bridgehead atoms. The van der Waals surface area contributed by atoms with Gasteiger partial charge >= 0.3 is 17.8 Å². The first-order valence-electron chi connectivity index (χ1n) is 9.52. The van der Waals surface area contributed by atoms with Crippen molar-refractivity contribution in [1.82, 2.24) is 14.5 Å². The molecule has 1 aromatic carbocycles. The fourth-order valence-corrected chi connectivity index (χ4v) is 4.72. The molecule has 0 aliphatic heterocycles. The maximum Gasteiger partial charge on any atom is 0.431 e. The molecule has 0 saturated carbocycles. The van der Waals surface area contributed by atoms with Gasteiger partial charge in [-0.3, -0.25) is 19.0 Å². The average Bonchev–Trinajstić information content (AvgIpc) is 2.75. The van der Waals surface area contributed by atoms with E-state index in [0.717, 1.165) is 14.0 Å². The summed E-state index contributed by atoms with van der Waals surface area (Å²) >= 11 is 5.85. The lowest BCUT2D eigenvalue weighted by Crippen LogP contribution is -2.41. The summed E-state index contributed by atoms with van der Waals surface area (Å²) in [5, 5.41) is -0.346. The topological polar surface area (TPSA) is 134 Å². The molecule has 1 N–H and O–H groups in total. The molecule has 1 unspecified atom stereocenters. The van der Waals surface area contributed by atoms with Crippen LogP contribution in [0.4, 0.5) is 17.6 Å². The van der Waals surface area contributed by atoms with Crippen molar-refractivity contribution in [3.05, 3.63) is 55.6 Å². The van der Waals surface area contributed by atoms with Crippen molar-refractivity contribution >= 4 is 33.3 Å². The number of halogens is 5. The third kappa shape index (κ3) is 5.73. The van der Waals surface area contributed by atoms with Crippen LogP contribution in [-0.4, -0.2) is 48.3 Å². The van der Waals surface area contributed by atoms with Crippen molar-refractivity contribution in [3.8, 4) is 5.69 Å². The number of benzene rings is 1. The number of ether oxygens (including phenoxy) is 1. The highest BCUT2D eigenvalue weighted by Crippen LogP contribution is 2.30. The smallest absolute Gasteiger partial charge is 0.431 e. The normalized spacial score (nSPS) is 12.8. The standard InChI is InChI=1S/C19H18ClF4N3O7S/c1-9(17(30)25-5-4-16(29)34-3)35(32,33)13-7-12(11(21)6-10(13)20)27-15(28)8-14(19(22,23)24)26(2)18(27)31/h6-9H,4-5H2,1-3H3,(H,25,30). The van der Waals surface area contributed by atoms with Gasteiger partial charge < -0.3 is 10.1 Å². The Kier molecular flexibility index (Phi) is 8.17. The molecule has 0 aliphatic rings. The summed E-state index contributed by atoms with van der Waals surface area (Å²) in [6.07, 6.45) is -5.33. The van der Waals surface area contributed by atoms with Gasteiger partial charge in [0.25, 0.3) is 5.56 Å². The molecule has 0 spiro atoms. The number of amides is 1. The molecular formula is C19H18ClF4N3O7S. The van der Waals surface area contributed by atoms with Crippen LogP contribution in [0.1, 0.15) is 19.0 Å². The van der Waals surface area contributed by atoms with Gasteiger partial charge in [0.15, 0.2) is 9.84 Å². The Morgan fingerprint density at radius 1 is 1.20 bits per heavy atom. The zero-order valence-electron chi connectivity index (χ0n) is 18.3. The predicted octanol–water partition coefficient (Wildman–Crippen LogP) is 1.19. The molecular weight excluding hydrogens is 526 g/mol. The van der Waals surface area contributed by atoms with Crippen molar-refractivity contribution < 1.29 is 40.3 Å². The van der Waals surface area contributed by atoms with Crippen LogP contribution in [0, 0.1) is 5.82 Å². The van der Waals surface area contributed by atoms with Crippen LogP contribution in [0.5, 0.6) is 0 Å². The van der Waals surface area contributed by atoms with Crippen LogP contribution >= 0.6 is 11.6 Å². The Morgan fingerprint density at radius 3 is 2.34 bits per heavy atom. The van der Waals surface area contributed by atoms with E-state index in [-0.39, 0.29) is 28.2 Å². The number of nitrogens with one attached hydrogen (secondary N) is 1. The first-order valence-corrected chi connectivity index (χ1v) is 11.4. The maximum atomic E-state index is 14.6. The molecule has 2 rings (SSSR count). The average molecular weight is 544 g/mol. The number of aromatic nitrogens is 2. The van der Waals surface area contributed by atoms with Gasteiger partial charge in [-0.25, -0.2) is 22.2 Å². The van der Waals surface area contributed by atoms with Gasteiger partial charge in [0, 0.05) is 19.7 Å². The number of rotatable bonds is 7. The number of carbonyl (C=O) groups excluding carboxylic acids is 2. The third-order valence-corrected chi connectivity index (χ3v) is 7.37. The van der Waals surface area contributed by atoms with Gasteiger partial charge in [0.1, 0.15) is 16.8 Å². The monoisotopic (exact) mass is 543 g/mol. The lowest BCUT2D eigenvalue weighted by molar-refractivity contribution is -0.144. The first-order chi connectivity index (χ1) is 16.0. The molecule has 192 valence electrons. The van der Waals surface area contributed by atoms with Crippen LogP contribution in [-0.2, 0) is 37.4 Å². The van der Waals surface area contributed by atoms with E-state index >= 15 is 0 Å². The second-order valence-corrected chi connectivity index (χ2v) is 9.73. The molecule has 10 nitrogen and oxygen atoms in total. The van der Waals surface area contributed by atoms with Gasteiger partial charge in [-0.2, -0.15) is 13.2 Å². The van der Waals surface area contributed by atoms with Crippen LogP contribution in [0.15, 0.2) is 32.7 Å². The quantitative estimate of drug-likeness (QED) is 0.315. The Bertz CT molecular complexity index is 1400. The minimum absolute atomic E-state index is 0.00101. The number of carbonyl (C=O) groups is 2. The molecule has 1 heterocycles. The van der Waals surface area contributed by atoms with Crippen LogP contribution in [0.25, 0.3) is 5.69 Å². The molecule has 1 aromatic heterocycles. The van der Waals surface area contributed by atoms with E-state index in [9.17, 15) is 45.2 Å². The third-order valence-electron chi connectivity index (χ3n) is 4.85. The van der Waals surface area contributed by atoms with E-state index in [4.69, 9.17) is 11.6 Å². The number of hydrogen-bond acceptors (Lipinski definition) is 7. The van der Waals surface area contributed by atoms with E-state index in [1.807, 2.05) is 0 Å². The zero-order valence-corrected chi connectivity index (χ0v) is 19.8. The van der Waals surface area contributed by atoms with Crippen LogP contribution < -0.4 is 16.6 Å². The highest BCUT2D eigenvalue weighted by Gasteiger charge is 2.36. The minimum atomic E-state index is -5.07. The summed E-state index contributed by atoms with van der Waals surface area (Å²) in [6, 6.07) is 0.956. The number of alkyl halides is 3. The second kappa shape index (κ2) is 10.2. The van der Waals surface area contributed by atoms with Gasteiger partial charge in [-0.15, -0.1) is 0 Å². The fraction of sp³-hybridized carbons (Fsp3) is 0.368. The second-order valence-electron chi connectivity index (χ2n) is 7.08. The number of hydrogen-bond donors (Lipinski definition) is 1. The largest absolute Gasteiger partial charge is 0.469 e. The van der Waals surface area contributed by atoms with Gasteiger partial charge in [0.05, 0.1) is 29.1 Å². The molecule has 1 amide bonds.